The summed E-state index contributed by atoms with van der Waals surface area (Å²) in [6, 6.07) is 4.00. The molecule has 0 fully saturated rings. The molecule has 1 heterocycles. The van der Waals surface area contributed by atoms with E-state index in [2.05, 4.69) is 22.8 Å². The van der Waals surface area contributed by atoms with Crippen LogP contribution >= 0.6 is 12.2 Å². The van der Waals surface area contributed by atoms with Crippen molar-refractivity contribution in [1.82, 2.24) is 10.7 Å². The quantitative estimate of drug-likeness (QED) is 0.496. The molecule has 2 N–H and O–H groups in total. The molecule has 0 radical (unpaired) electrons. The Morgan fingerprint density at radius 1 is 1.52 bits per heavy atom. The Labute approximate surface area is 130 Å². The number of nitrogens with one attached hydrogen (secondary N) is 2. The highest BCUT2D eigenvalue weighted by Crippen LogP contribution is 2.34. The first-order valence-corrected chi connectivity index (χ1v) is 7.58. The lowest BCUT2D eigenvalue weighted by Gasteiger charge is -2.10. The number of fused-ring (bicyclic) bond motifs is 1. The summed E-state index contributed by atoms with van der Waals surface area (Å²) < 4.78 is 11.5. The minimum atomic E-state index is 0.209. The molecule has 1 aromatic rings. The van der Waals surface area contributed by atoms with E-state index in [4.69, 9.17) is 21.7 Å². The van der Waals surface area contributed by atoms with Gasteiger partial charge in [0.2, 0.25) is 0 Å². The molecule has 0 unspecified atom stereocenters. The predicted molar refractivity (Wildman–Crippen MR) is 88.4 cm³/mol. The van der Waals surface area contributed by atoms with Gasteiger partial charge < -0.3 is 14.8 Å². The zero-order valence-electron chi connectivity index (χ0n) is 12.6. The molecule has 2 rings (SSSR count). The second-order valence-electron chi connectivity index (χ2n) is 4.79. The fraction of sp³-hybridized carbons (Fsp3) is 0.467. The maximum absolute atomic E-state index is 5.77. The van der Waals surface area contributed by atoms with Crippen LogP contribution in [0.4, 0.5) is 0 Å². The van der Waals surface area contributed by atoms with Crippen LogP contribution in [0.25, 0.3) is 0 Å². The number of rotatable bonds is 5. The third-order valence-corrected chi connectivity index (χ3v) is 3.27. The number of thiocarbonyl (C=S) groups is 1. The van der Waals surface area contributed by atoms with Crippen molar-refractivity contribution >= 4 is 23.5 Å². The first-order chi connectivity index (χ1) is 10.1. The predicted octanol–water partition coefficient (Wildman–Crippen LogP) is 2.23. The average Bonchev–Trinajstić information content (AvgIpc) is 2.78. The minimum Gasteiger partial charge on any atom is -0.493 e. The normalized spacial score (nSPS) is 16.4. The third kappa shape index (κ3) is 4.07. The smallest absolute Gasteiger partial charge is 0.186 e. The highest BCUT2D eigenvalue weighted by atomic mass is 32.1. The second kappa shape index (κ2) is 7.26. The highest BCUT2D eigenvalue weighted by molar-refractivity contribution is 7.80. The Kier molecular flexibility index (Phi) is 5.38. The summed E-state index contributed by atoms with van der Waals surface area (Å²) in [5.41, 5.74) is 4.82. The molecule has 5 nitrogen and oxygen atoms in total. The Bertz CT molecular complexity index is 546. The Hall–Kier alpha value is -1.82. The topological polar surface area (TPSA) is 54.9 Å². The van der Waals surface area contributed by atoms with Gasteiger partial charge in [0.15, 0.2) is 5.11 Å². The van der Waals surface area contributed by atoms with Crippen molar-refractivity contribution in [3.63, 3.8) is 0 Å². The van der Waals surface area contributed by atoms with E-state index < -0.39 is 0 Å². The van der Waals surface area contributed by atoms with Gasteiger partial charge in [0.1, 0.15) is 17.6 Å². The summed E-state index contributed by atoms with van der Waals surface area (Å²) in [6.07, 6.45) is 2.82. The zero-order chi connectivity index (χ0) is 15.2. The monoisotopic (exact) mass is 307 g/mol. The lowest BCUT2D eigenvalue weighted by Crippen LogP contribution is -2.31. The van der Waals surface area contributed by atoms with Gasteiger partial charge in [-0.25, -0.2) is 0 Å². The van der Waals surface area contributed by atoms with Crippen molar-refractivity contribution in [2.45, 2.75) is 33.3 Å². The molecule has 21 heavy (non-hydrogen) atoms. The minimum absolute atomic E-state index is 0.209. The van der Waals surface area contributed by atoms with E-state index in [0.29, 0.717) is 11.7 Å². The molecule has 114 valence electrons. The summed E-state index contributed by atoms with van der Waals surface area (Å²) in [6.45, 7) is 7.37. The molecule has 0 spiro atoms. The van der Waals surface area contributed by atoms with Crippen molar-refractivity contribution in [3.8, 4) is 11.5 Å². The molecule has 0 aromatic heterocycles. The summed E-state index contributed by atoms with van der Waals surface area (Å²) in [5, 5.41) is 7.60. The molecule has 6 heteroatoms. The molecule has 1 aliphatic rings. The number of benzene rings is 1. The highest BCUT2D eigenvalue weighted by Gasteiger charge is 2.21. The van der Waals surface area contributed by atoms with Crippen molar-refractivity contribution in [3.05, 3.63) is 23.3 Å². The van der Waals surface area contributed by atoms with Crippen molar-refractivity contribution in [2.75, 3.05) is 13.2 Å². The standard InChI is InChI=1S/C15H21N3O2S/c1-4-16-15(21)18-17-9-12-8-14-11(6-10(3)20-14)7-13(12)19-5-2/h7-10H,4-6H2,1-3H3,(H2,16,18,21)/b17-9-/t10-/m1/s1. The van der Waals surface area contributed by atoms with E-state index in [1.807, 2.05) is 26.0 Å². The molecule has 0 amide bonds. The number of ether oxygens (including phenoxy) is 2. The van der Waals surface area contributed by atoms with E-state index in [9.17, 15) is 0 Å². The van der Waals surface area contributed by atoms with E-state index in [1.165, 1.54) is 5.56 Å². The molecule has 1 aromatic carbocycles. The van der Waals surface area contributed by atoms with Gasteiger partial charge >= 0.3 is 0 Å². The van der Waals surface area contributed by atoms with Crippen LogP contribution in [0.3, 0.4) is 0 Å². The van der Waals surface area contributed by atoms with Crippen LogP contribution in [-0.2, 0) is 6.42 Å². The zero-order valence-corrected chi connectivity index (χ0v) is 13.4. The van der Waals surface area contributed by atoms with E-state index in [0.717, 1.165) is 30.0 Å². The van der Waals surface area contributed by atoms with Crippen LogP contribution in [0.5, 0.6) is 11.5 Å². The van der Waals surface area contributed by atoms with Crippen LogP contribution in [0, 0.1) is 0 Å². The molecule has 0 saturated carbocycles. The molecular weight excluding hydrogens is 286 g/mol. The largest absolute Gasteiger partial charge is 0.493 e. The number of nitrogens with zero attached hydrogens (tertiary/aromatic N) is 1. The number of hydrogen-bond acceptors (Lipinski definition) is 4. The van der Waals surface area contributed by atoms with E-state index >= 15 is 0 Å². The van der Waals surface area contributed by atoms with Gasteiger partial charge in [-0.15, -0.1) is 0 Å². The van der Waals surface area contributed by atoms with Crippen LogP contribution in [0.15, 0.2) is 17.2 Å². The van der Waals surface area contributed by atoms with Crippen molar-refractivity contribution < 1.29 is 9.47 Å². The van der Waals surface area contributed by atoms with Gasteiger partial charge in [-0.1, -0.05) is 0 Å². The van der Waals surface area contributed by atoms with Gasteiger partial charge in [-0.2, -0.15) is 5.10 Å². The Morgan fingerprint density at radius 3 is 3.05 bits per heavy atom. The van der Waals surface area contributed by atoms with Gasteiger partial charge in [-0.05, 0) is 45.1 Å². The molecule has 0 saturated heterocycles. The average molecular weight is 307 g/mol. The Balaban J connectivity index is 2.15. The van der Waals surface area contributed by atoms with Gasteiger partial charge in [0.05, 0.1) is 12.8 Å². The van der Waals surface area contributed by atoms with E-state index in [-0.39, 0.29) is 6.10 Å². The fourth-order valence-corrected chi connectivity index (χ4v) is 2.39. The van der Waals surface area contributed by atoms with Crippen LogP contribution in [0.2, 0.25) is 0 Å². The first-order valence-electron chi connectivity index (χ1n) is 7.17. The Morgan fingerprint density at radius 2 is 2.33 bits per heavy atom. The molecule has 1 atom stereocenters. The maximum Gasteiger partial charge on any atom is 0.186 e. The molecule has 1 aliphatic heterocycles. The second-order valence-corrected chi connectivity index (χ2v) is 5.20. The third-order valence-electron chi connectivity index (χ3n) is 3.04. The van der Waals surface area contributed by atoms with Crippen LogP contribution in [0.1, 0.15) is 31.9 Å². The molecule has 0 aliphatic carbocycles. The lowest BCUT2D eigenvalue weighted by molar-refractivity contribution is 0.254. The lowest BCUT2D eigenvalue weighted by atomic mass is 10.1. The number of hydrazone groups is 1. The number of hydrogen-bond donors (Lipinski definition) is 2. The molecule has 0 bridgehead atoms. The fourth-order valence-electron chi connectivity index (χ4n) is 2.20. The molecular formula is C15H21N3O2S. The summed E-state index contributed by atoms with van der Waals surface area (Å²) in [7, 11) is 0. The van der Waals surface area contributed by atoms with Gasteiger partial charge in [-0.3, -0.25) is 5.43 Å². The van der Waals surface area contributed by atoms with Crippen LogP contribution in [-0.4, -0.2) is 30.6 Å². The maximum atomic E-state index is 5.77. The van der Waals surface area contributed by atoms with Gasteiger partial charge in [0.25, 0.3) is 0 Å². The summed E-state index contributed by atoms with van der Waals surface area (Å²) >= 11 is 5.06. The van der Waals surface area contributed by atoms with Gasteiger partial charge in [0, 0.05) is 24.1 Å². The van der Waals surface area contributed by atoms with Crippen molar-refractivity contribution in [2.24, 2.45) is 5.10 Å². The SMILES string of the molecule is CCNC(=S)N/N=C\c1cc2c(cc1OCC)C[C@@H](C)O2. The first kappa shape index (κ1) is 15.6. The summed E-state index contributed by atoms with van der Waals surface area (Å²) in [5.74, 6) is 1.72. The van der Waals surface area contributed by atoms with E-state index in [1.54, 1.807) is 6.21 Å². The summed E-state index contributed by atoms with van der Waals surface area (Å²) in [4.78, 5) is 0. The van der Waals surface area contributed by atoms with Crippen LogP contribution < -0.4 is 20.2 Å². The van der Waals surface area contributed by atoms with Crippen molar-refractivity contribution in [1.29, 1.82) is 0 Å².